The molecule has 0 spiro atoms. The van der Waals surface area contributed by atoms with Crippen LogP contribution in [-0.2, 0) is 9.53 Å². The molecule has 0 bridgehead atoms. The molecule has 20 heavy (non-hydrogen) atoms. The van der Waals surface area contributed by atoms with Crippen LogP contribution in [0.2, 0.25) is 0 Å². The second-order valence-electron chi connectivity index (χ2n) is 4.57. The number of methoxy groups -OCH3 is 1. The van der Waals surface area contributed by atoms with Crippen molar-refractivity contribution in [2.45, 2.75) is 25.8 Å². The molecule has 0 aromatic heterocycles. The molecule has 0 aliphatic heterocycles. The number of ether oxygens (including phenoxy) is 2. The van der Waals surface area contributed by atoms with Gasteiger partial charge in [-0.15, -0.1) is 0 Å². The minimum Gasteiger partial charge on any atom is -0.484 e. The van der Waals surface area contributed by atoms with Crippen LogP contribution >= 0.6 is 0 Å². The molecule has 5 nitrogen and oxygen atoms in total. The van der Waals surface area contributed by atoms with E-state index in [-0.39, 0.29) is 18.6 Å². The molecule has 112 valence electrons. The summed E-state index contributed by atoms with van der Waals surface area (Å²) in [5, 5.41) is 2.76. The molecule has 0 aliphatic rings. The molecule has 1 rings (SSSR count). The third kappa shape index (κ3) is 6.04. The lowest BCUT2D eigenvalue weighted by Gasteiger charge is -2.11. The maximum Gasteiger partial charge on any atom is 0.257 e. The van der Waals surface area contributed by atoms with Crippen LogP contribution in [0.1, 0.15) is 31.4 Å². The summed E-state index contributed by atoms with van der Waals surface area (Å²) in [6, 6.07) is 7.58. The smallest absolute Gasteiger partial charge is 0.257 e. The summed E-state index contributed by atoms with van der Waals surface area (Å²) in [5.74, 6) is 0.541. The molecule has 3 N–H and O–H groups in total. The summed E-state index contributed by atoms with van der Waals surface area (Å²) < 4.78 is 10.3. The molecule has 0 heterocycles. The van der Waals surface area contributed by atoms with Gasteiger partial charge < -0.3 is 20.5 Å². The van der Waals surface area contributed by atoms with Gasteiger partial charge in [0.1, 0.15) is 5.75 Å². The Morgan fingerprint density at radius 3 is 2.65 bits per heavy atom. The van der Waals surface area contributed by atoms with Gasteiger partial charge in [-0.25, -0.2) is 0 Å². The lowest BCUT2D eigenvalue weighted by molar-refractivity contribution is -0.123. The predicted octanol–water partition coefficient (Wildman–Crippen LogP) is 1.63. The molecule has 1 aromatic carbocycles. The quantitative estimate of drug-likeness (QED) is 0.674. The molecule has 0 saturated heterocycles. The number of rotatable bonds is 9. The Labute approximate surface area is 120 Å². The first-order valence-corrected chi connectivity index (χ1v) is 6.91. The Kier molecular flexibility index (Phi) is 7.69. The number of nitrogens with two attached hydrogens (primary N) is 1. The molecule has 1 amide bonds. The number of nitrogens with one attached hydrogen (secondary N) is 1. The SMILES string of the molecule is CC[C@H](N)c1ccc(OCC(=O)NCCCOC)cc1. The fourth-order valence-corrected chi connectivity index (χ4v) is 1.69. The van der Waals surface area contributed by atoms with Crippen LogP contribution in [0.25, 0.3) is 0 Å². The first-order valence-electron chi connectivity index (χ1n) is 6.91. The van der Waals surface area contributed by atoms with E-state index in [1.165, 1.54) is 0 Å². The highest BCUT2D eigenvalue weighted by atomic mass is 16.5. The minimum absolute atomic E-state index is 0.0200. The van der Waals surface area contributed by atoms with Crippen molar-refractivity contribution in [2.75, 3.05) is 26.9 Å². The van der Waals surface area contributed by atoms with Gasteiger partial charge in [0.15, 0.2) is 6.61 Å². The summed E-state index contributed by atoms with van der Waals surface area (Å²) >= 11 is 0. The third-order valence-corrected chi connectivity index (χ3v) is 2.97. The van der Waals surface area contributed by atoms with Crippen LogP contribution in [0.5, 0.6) is 5.75 Å². The van der Waals surface area contributed by atoms with Gasteiger partial charge in [0.05, 0.1) is 0 Å². The van der Waals surface area contributed by atoms with Gasteiger partial charge in [-0.2, -0.15) is 0 Å². The largest absolute Gasteiger partial charge is 0.484 e. The third-order valence-electron chi connectivity index (χ3n) is 2.97. The van der Waals surface area contributed by atoms with Gasteiger partial charge in [-0.3, -0.25) is 4.79 Å². The normalized spacial score (nSPS) is 11.9. The summed E-state index contributed by atoms with van der Waals surface area (Å²) in [5.41, 5.74) is 7.00. The van der Waals surface area contributed by atoms with Crippen molar-refractivity contribution in [3.05, 3.63) is 29.8 Å². The molecule has 0 radical (unpaired) electrons. The lowest BCUT2D eigenvalue weighted by atomic mass is 10.1. The van der Waals surface area contributed by atoms with Gasteiger partial charge in [-0.05, 0) is 30.5 Å². The van der Waals surface area contributed by atoms with Crippen molar-refractivity contribution in [1.29, 1.82) is 0 Å². The summed E-state index contributed by atoms with van der Waals surface area (Å²) in [4.78, 5) is 11.5. The number of hydrogen-bond donors (Lipinski definition) is 2. The lowest BCUT2D eigenvalue weighted by Crippen LogP contribution is -2.30. The Hall–Kier alpha value is -1.59. The van der Waals surface area contributed by atoms with Crippen molar-refractivity contribution in [2.24, 2.45) is 5.73 Å². The second kappa shape index (κ2) is 9.34. The zero-order valence-electron chi connectivity index (χ0n) is 12.2. The number of hydrogen-bond acceptors (Lipinski definition) is 4. The molecule has 5 heteroatoms. The summed E-state index contributed by atoms with van der Waals surface area (Å²) in [6.45, 7) is 3.30. The van der Waals surface area contributed by atoms with E-state index in [9.17, 15) is 4.79 Å². The van der Waals surface area contributed by atoms with Gasteiger partial charge in [0.2, 0.25) is 0 Å². The Bertz CT molecular complexity index is 393. The molecule has 0 unspecified atom stereocenters. The van der Waals surface area contributed by atoms with Crippen LogP contribution in [0.3, 0.4) is 0 Å². The van der Waals surface area contributed by atoms with E-state index in [1.807, 2.05) is 31.2 Å². The zero-order chi connectivity index (χ0) is 14.8. The van der Waals surface area contributed by atoms with Gasteiger partial charge in [0, 0.05) is 26.3 Å². The Morgan fingerprint density at radius 1 is 1.35 bits per heavy atom. The molecule has 1 aromatic rings. The van der Waals surface area contributed by atoms with Crippen LogP contribution in [0, 0.1) is 0 Å². The van der Waals surface area contributed by atoms with Gasteiger partial charge in [-0.1, -0.05) is 19.1 Å². The van der Waals surface area contributed by atoms with Crippen LogP contribution < -0.4 is 15.8 Å². The maximum absolute atomic E-state index is 11.5. The van der Waals surface area contributed by atoms with E-state index in [0.29, 0.717) is 18.9 Å². The van der Waals surface area contributed by atoms with E-state index in [0.717, 1.165) is 18.4 Å². The number of amides is 1. The topological polar surface area (TPSA) is 73.6 Å². The Balaban J connectivity index is 2.29. The Morgan fingerprint density at radius 2 is 2.05 bits per heavy atom. The molecule has 0 saturated carbocycles. The highest BCUT2D eigenvalue weighted by Crippen LogP contribution is 2.18. The molecular weight excluding hydrogens is 256 g/mol. The van der Waals surface area contributed by atoms with Crippen molar-refractivity contribution >= 4 is 5.91 Å². The summed E-state index contributed by atoms with van der Waals surface area (Å²) in [7, 11) is 1.64. The zero-order valence-corrected chi connectivity index (χ0v) is 12.2. The average molecular weight is 280 g/mol. The number of benzene rings is 1. The van der Waals surface area contributed by atoms with Crippen molar-refractivity contribution < 1.29 is 14.3 Å². The van der Waals surface area contributed by atoms with E-state index in [1.54, 1.807) is 7.11 Å². The highest BCUT2D eigenvalue weighted by molar-refractivity contribution is 5.77. The van der Waals surface area contributed by atoms with E-state index < -0.39 is 0 Å². The molecule has 1 atom stereocenters. The van der Waals surface area contributed by atoms with Crippen LogP contribution in [0.4, 0.5) is 0 Å². The van der Waals surface area contributed by atoms with Crippen molar-refractivity contribution in [3.8, 4) is 5.75 Å². The molecule has 0 fully saturated rings. The number of carbonyl (C=O) groups excluding carboxylic acids is 1. The van der Waals surface area contributed by atoms with Gasteiger partial charge in [0.25, 0.3) is 5.91 Å². The van der Waals surface area contributed by atoms with E-state index >= 15 is 0 Å². The fourth-order valence-electron chi connectivity index (χ4n) is 1.69. The predicted molar refractivity (Wildman–Crippen MR) is 78.7 cm³/mol. The van der Waals surface area contributed by atoms with Crippen LogP contribution in [-0.4, -0.2) is 32.8 Å². The highest BCUT2D eigenvalue weighted by Gasteiger charge is 2.05. The van der Waals surface area contributed by atoms with Crippen molar-refractivity contribution in [1.82, 2.24) is 5.32 Å². The first kappa shape index (κ1) is 16.5. The number of carbonyl (C=O) groups is 1. The fraction of sp³-hybridized carbons (Fsp3) is 0.533. The van der Waals surface area contributed by atoms with Crippen LogP contribution in [0.15, 0.2) is 24.3 Å². The van der Waals surface area contributed by atoms with Crippen molar-refractivity contribution in [3.63, 3.8) is 0 Å². The molecule has 0 aliphatic carbocycles. The standard InChI is InChI=1S/C15H24N2O3/c1-3-14(16)12-5-7-13(8-6-12)20-11-15(18)17-9-4-10-19-2/h5-8,14H,3-4,9-11,16H2,1-2H3,(H,17,18)/t14-/m0/s1. The van der Waals surface area contributed by atoms with Gasteiger partial charge >= 0.3 is 0 Å². The maximum atomic E-state index is 11.5. The average Bonchev–Trinajstić information content (AvgIpc) is 2.49. The monoisotopic (exact) mass is 280 g/mol. The van der Waals surface area contributed by atoms with E-state index in [4.69, 9.17) is 15.2 Å². The first-order chi connectivity index (χ1) is 9.67. The molecular formula is C15H24N2O3. The van der Waals surface area contributed by atoms with E-state index in [2.05, 4.69) is 5.32 Å². The summed E-state index contributed by atoms with van der Waals surface area (Å²) in [6.07, 6.45) is 1.69. The second-order valence-corrected chi connectivity index (χ2v) is 4.57. The minimum atomic E-state index is -0.129.